The summed E-state index contributed by atoms with van der Waals surface area (Å²) in [5.41, 5.74) is 7.86. The first-order valence-corrected chi connectivity index (χ1v) is 15.3. The zero-order chi connectivity index (χ0) is 34.0. The molecule has 0 saturated heterocycles. The van der Waals surface area contributed by atoms with Crippen molar-refractivity contribution in [3.63, 3.8) is 0 Å². The molecule has 0 aliphatic heterocycles. The van der Waals surface area contributed by atoms with Crippen LogP contribution in [0.4, 0.5) is 23.2 Å². The fourth-order valence-electron chi connectivity index (χ4n) is 5.13. The molecule has 5 rings (SSSR count). The van der Waals surface area contributed by atoms with E-state index >= 15 is 4.39 Å². The van der Waals surface area contributed by atoms with Crippen LogP contribution in [-0.2, 0) is 27.9 Å². The van der Waals surface area contributed by atoms with Crippen LogP contribution in [0.25, 0.3) is 5.69 Å². The zero-order valence-electron chi connectivity index (χ0n) is 26.3. The summed E-state index contributed by atoms with van der Waals surface area (Å²) < 4.78 is 57.4. The first-order valence-electron chi connectivity index (χ1n) is 15.3. The molecule has 8 nitrogen and oxygen atoms in total. The van der Waals surface area contributed by atoms with Gasteiger partial charge >= 0.3 is 12.1 Å². The average Bonchev–Trinajstić information content (AvgIpc) is 3.74. The Labute approximate surface area is 270 Å². The predicted molar refractivity (Wildman–Crippen MR) is 169 cm³/mol. The third kappa shape index (κ3) is 8.06. The number of hydrogen-bond donors (Lipinski definition) is 3. The number of aromatic nitrogens is 2. The van der Waals surface area contributed by atoms with E-state index in [1.807, 2.05) is 30.3 Å². The van der Waals surface area contributed by atoms with Crippen molar-refractivity contribution in [3.05, 3.63) is 113 Å². The van der Waals surface area contributed by atoms with E-state index < -0.39 is 46.2 Å². The van der Waals surface area contributed by atoms with Crippen molar-refractivity contribution in [3.8, 4) is 5.69 Å². The lowest BCUT2D eigenvalue weighted by Gasteiger charge is -2.31. The molecule has 1 heterocycles. The van der Waals surface area contributed by atoms with Crippen molar-refractivity contribution in [1.29, 1.82) is 0 Å². The Morgan fingerprint density at radius 2 is 1.68 bits per heavy atom. The van der Waals surface area contributed by atoms with Crippen molar-refractivity contribution >= 4 is 17.6 Å². The maximum atomic E-state index is 15.2. The number of alkyl halides is 3. The molecule has 0 bridgehead atoms. The van der Waals surface area contributed by atoms with E-state index in [4.69, 9.17) is 10.6 Å². The van der Waals surface area contributed by atoms with Gasteiger partial charge in [0, 0.05) is 6.07 Å². The number of nitrogens with zero attached hydrogens (tertiary/aromatic N) is 2. The summed E-state index contributed by atoms with van der Waals surface area (Å²) in [4.78, 5) is 30.7. The van der Waals surface area contributed by atoms with Crippen molar-refractivity contribution in [2.45, 2.75) is 64.7 Å². The van der Waals surface area contributed by atoms with Gasteiger partial charge in [-0.2, -0.15) is 18.3 Å². The summed E-state index contributed by atoms with van der Waals surface area (Å²) >= 11 is 0. The minimum absolute atomic E-state index is 0.0333. The molecule has 0 spiro atoms. The van der Waals surface area contributed by atoms with E-state index in [0.717, 1.165) is 29.5 Å². The predicted octanol–water partition coefficient (Wildman–Crippen LogP) is 7.27. The summed E-state index contributed by atoms with van der Waals surface area (Å²) in [7, 11) is 0. The fraction of sp³-hybridized carbons (Fsp3) is 0.343. The molecule has 1 aliphatic rings. The Balaban J connectivity index is 1.44. The molecule has 1 aromatic heterocycles. The van der Waals surface area contributed by atoms with Gasteiger partial charge in [-0.25, -0.2) is 13.9 Å². The summed E-state index contributed by atoms with van der Waals surface area (Å²) in [5, 5.41) is 6.12. The van der Waals surface area contributed by atoms with Gasteiger partial charge in [0.1, 0.15) is 11.5 Å². The van der Waals surface area contributed by atoms with Gasteiger partial charge < -0.3 is 15.9 Å². The first-order chi connectivity index (χ1) is 22.1. The molecule has 1 fully saturated rings. The zero-order valence-corrected chi connectivity index (χ0v) is 26.3. The maximum Gasteiger partial charge on any atom is 0.435 e. The number of halogens is 4. The molecular weight excluding hydrogens is 614 g/mol. The highest BCUT2D eigenvalue weighted by Crippen LogP contribution is 2.40. The normalized spacial score (nSPS) is 14.8. The van der Waals surface area contributed by atoms with Crippen molar-refractivity contribution in [1.82, 2.24) is 15.3 Å². The molecule has 0 radical (unpaired) electrons. The van der Waals surface area contributed by atoms with Gasteiger partial charge in [0.05, 0.1) is 28.9 Å². The lowest BCUT2D eigenvalue weighted by molar-refractivity contribution is -0.161. The number of anilines is 1. The number of nitrogens with two attached hydrogens (primary N) is 1. The third-order valence-corrected chi connectivity index (χ3v) is 8.10. The number of benzene rings is 3. The second-order valence-electron chi connectivity index (χ2n) is 12.9. The lowest BCUT2D eigenvalue weighted by atomic mass is 9.79. The molecule has 1 saturated carbocycles. The number of carbonyl (C=O) groups is 2. The molecule has 3 aromatic carbocycles. The van der Waals surface area contributed by atoms with E-state index in [2.05, 4.69) is 15.9 Å². The monoisotopic (exact) mass is 651 g/mol. The SMILES string of the molecule is CC(C)(C)C(=O)ONCc1cccc(-n2nc(C(F)(F)F)cc2C(=O)Nc2cc(C(N)(CCC3CC3)c3ccccc3)ccc2F)c1. The van der Waals surface area contributed by atoms with Gasteiger partial charge in [0.25, 0.3) is 5.91 Å². The molecular formula is C35H37F4N5O3. The summed E-state index contributed by atoms with van der Waals surface area (Å²) in [5.74, 6) is -1.70. The van der Waals surface area contributed by atoms with Gasteiger partial charge in [0.2, 0.25) is 0 Å². The highest BCUT2D eigenvalue weighted by atomic mass is 19.4. The van der Waals surface area contributed by atoms with Crippen LogP contribution in [0, 0.1) is 17.2 Å². The summed E-state index contributed by atoms with van der Waals surface area (Å²) in [6, 6.07) is 20.4. The highest BCUT2D eigenvalue weighted by molar-refractivity contribution is 6.03. The number of rotatable bonds is 11. The van der Waals surface area contributed by atoms with Crippen LogP contribution in [0.1, 0.15) is 79.3 Å². The number of hydrogen-bond acceptors (Lipinski definition) is 6. The van der Waals surface area contributed by atoms with Crippen LogP contribution in [-0.4, -0.2) is 21.7 Å². The molecule has 1 unspecified atom stereocenters. The number of carbonyl (C=O) groups excluding carboxylic acids is 2. The van der Waals surface area contributed by atoms with Gasteiger partial charge in [-0.1, -0.05) is 61.4 Å². The molecule has 1 amide bonds. The Kier molecular flexibility index (Phi) is 9.55. The smallest absolute Gasteiger partial charge is 0.370 e. The van der Waals surface area contributed by atoms with Crippen molar-refractivity contribution in [2.75, 3.05) is 5.32 Å². The lowest BCUT2D eigenvalue weighted by Crippen LogP contribution is -2.38. The summed E-state index contributed by atoms with van der Waals surface area (Å²) in [6.45, 7) is 5.10. The fourth-order valence-corrected chi connectivity index (χ4v) is 5.13. The molecule has 4 aromatic rings. The number of hydroxylamine groups is 1. The second-order valence-corrected chi connectivity index (χ2v) is 12.9. The Morgan fingerprint density at radius 1 is 0.957 bits per heavy atom. The minimum atomic E-state index is -4.86. The molecule has 1 atom stereocenters. The Bertz CT molecular complexity index is 1750. The van der Waals surface area contributed by atoms with E-state index in [1.54, 1.807) is 39.0 Å². The van der Waals surface area contributed by atoms with E-state index in [1.165, 1.54) is 24.3 Å². The van der Waals surface area contributed by atoms with Crippen LogP contribution in [0.2, 0.25) is 0 Å². The molecule has 1 aliphatic carbocycles. The topological polar surface area (TPSA) is 111 Å². The third-order valence-electron chi connectivity index (χ3n) is 8.10. The molecule has 47 heavy (non-hydrogen) atoms. The summed E-state index contributed by atoms with van der Waals surface area (Å²) in [6.07, 6.45) is -1.14. The van der Waals surface area contributed by atoms with Gasteiger partial charge in [-0.3, -0.25) is 4.79 Å². The van der Waals surface area contributed by atoms with Gasteiger partial charge in [-0.15, -0.1) is 5.48 Å². The largest absolute Gasteiger partial charge is 0.435 e. The number of nitrogens with one attached hydrogen (secondary N) is 2. The van der Waals surface area contributed by atoms with E-state index in [0.29, 0.717) is 29.5 Å². The van der Waals surface area contributed by atoms with Gasteiger partial charge in [0.15, 0.2) is 5.69 Å². The van der Waals surface area contributed by atoms with Crippen LogP contribution >= 0.6 is 0 Å². The van der Waals surface area contributed by atoms with Crippen LogP contribution in [0.5, 0.6) is 0 Å². The van der Waals surface area contributed by atoms with Crippen LogP contribution in [0.3, 0.4) is 0 Å². The van der Waals surface area contributed by atoms with Gasteiger partial charge in [-0.05, 0) is 80.5 Å². The minimum Gasteiger partial charge on any atom is -0.370 e. The highest BCUT2D eigenvalue weighted by Gasteiger charge is 2.37. The number of amides is 1. The van der Waals surface area contributed by atoms with E-state index in [9.17, 15) is 22.8 Å². The Morgan fingerprint density at radius 3 is 2.34 bits per heavy atom. The molecule has 12 heteroatoms. The standard InChI is InChI=1S/C35H37F4N5O3/c1-33(2,3)32(46)47-41-21-23-8-7-11-26(18-23)44-29(20-30(43-44)35(37,38)39)31(45)42-28-19-25(14-15-27(28)36)34(40,17-16-22-12-13-22)24-9-5-4-6-10-24/h4-11,14-15,18-20,22,41H,12-13,16-17,21,40H2,1-3H3,(H,42,45). The second kappa shape index (κ2) is 13.3. The quantitative estimate of drug-likeness (QED) is 0.116. The van der Waals surface area contributed by atoms with Crippen LogP contribution in [0.15, 0.2) is 78.9 Å². The van der Waals surface area contributed by atoms with Crippen LogP contribution < -0.4 is 16.5 Å². The van der Waals surface area contributed by atoms with E-state index in [-0.39, 0.29) is 17.9 Å². The average molecular weight is 652 g/mol. The molecule has 248 valence electrons. The first kappa shape index (κ1) is 33.8. The Hall–Kier alpha value is -4.55. The van der Waals surface area contributed by atoms with Crippen molar-refractivity contribution in [2.24, 2.45) is 17.1 Å². The molecule has 4 N–H and O–H groups in total. The van der Waals surface area contributed by atoms with Crippen molar-refractivity contribution < 1.29 is 32.0 Å². The maximum absolute atomic E-state index is 15.2.